The van der Waals surface area contributed by atoms with Crippen LogP contribution in [0, 0.1) is 0 Å². The molecule has 2 atom stereocenters. The number of hydrogen-bond donors (Lipinski definition) is 2. The Hall–Kier alpha value is -0.610. The number of aliphatic carboxylic acids is 1. The Kier molecular flexibility index (Phi) is 4.81. The third-order valence-electron chi connectivity index (χ3n) is 1.35. The molecule has 0 heterocycles. The van der Waals surface area contributed by atoms with Crippen molar-refractivity contribution in [2.24, 2.45) is 5.73 Å². The Balaban J connectivity index is 3.56. The molecule has 11 heavy (non-hydrogen) atoms. The van der Waals surface area contributed by atoms with Crippen LogP contribution >= 0.6 is 0 Å². The molecule has 0 aromatic rings. The predicted molar refractivity (Wildman–Crippen MR) is 41.3 cm³/mol. The number of carboxylic acids is 1. The summed E-state index contributed by atoms with van der Waals surface area (Å²) in [7, 11) is 0. The summed E-state index contributed by atoms with van der Waals surface area (Å²) in [5.74, 6) is -0.975. The molecule has 0 saturated carbocycles. The van der Waals surface area contributed by atoms with Gasteiger partial charge in [-0.3, -0.25) is 4.79 Å². The minimum absolute atomic E-state index is 0.0777. The molecule has 0 spiro atoms. The van der Waals surface area contributed by atoms with Crippen molar-refractivity contribution in [2.45, 2.75) is 32.4 Å². The number of carbonyl (C=O) groups is 1. The molecule has 0 saturated heterocycles. The highest BCUT2D eigenvalue weighted by molar-refractivity contribution is 5.73. The fourth-order valence-corrected chi connectivity index (χ4v) is 0.811. The van der Waals surface area contributed by atoms with Crippen molar-refractivity contribution in [1.82, 2.24) is 0 Å². The van der Waals surface area contributed by atoms with E-state index in [1.165, 1.54) is 0 Å². The van der Waals surface area contributed by atoms with Crippen LogP contribution in [0.3, 0.4) is 0 Å². The smallest absolute Gasteiger partial charge is 0.320 e. The zero-order chi connectivity index (χ0) is 8.85. The van der Waals surface area contributed by atoms with Gasteiger partial charge in [0.25, 0.3) is 0 Å². The zero-order valence-electron chi connectivity index (χ0n) is 6.91. The summed E-state index contributed by atoms with van der Waals surface area (Å²) in [5, 5.41) is 8.42. The maximum absolute atomic E-state index is 10.3. The van der Waals surface area contributed by atoms with Crippen LogP contribution in [0.5, 0.6) is 0 Å². The summed E-state index contributed by atoms with van der Waals surface area (Å²) in [6.45, 7) is 4.27. The molecule has 4 nitrogen and oxygen atoms in total. The van der Waals surface area contributed by atoms with Crippen molar-refractivity contribution in [3.05, 3.63) is 0 Å². The molecule has 0 aromatic heterocycles. The second-order valence-corrected chi connectivity index (χ2v) is 2.45. The lowest BCUT2D eigenvalue weighted by atomic mass is 10.1. The van der Waals surface area contributed by atoms with Gasteiger partial charge >= 0.3 is 5.97 Å². The van der Waals surface area contributed by atoms with E-state index in [0.717, 1.165) is 0 Å². The average Bonchev–Trinajstić information content (AvgIpc) is 1.87. The van der Waals surface area contributed by atoms with Crippen molar-refractivity contribution in [3.63, 3.8) is 0 Å². The third-order valence-corrected chi connectivity index (χ3v) is 1.35. The van der Waals surface area contributed by atoms with Crippen molar-refractivity contribution >= 4 is 5.97 Å². The second kappa shape index (κ2) is 5.09. The lowest BCUT2D eigenvalue weighted by molar-refractivity contribution is -0.139. The molecule has 0 aliphatic rings. The maximum atomic E-state index is 10.3. The van der Waals surface area contributed by atoms with Crippen molar-refractivity contribution in [2.75, 3.05) is 6.61 Å². The van der Waals surface area contributed by atoms with Gasteiger partial charge in [-0.15, -0.1) is 0 Å². The molecule has 0 aliphatic carbocycles. The van der Waals surface area contributed by atoms with Crippen LogP contribution in [0.2, 0.25) is 0 Å². The lowest BCUT2D eigenvalue weighted by Crippen LogP contribution is -2.33. The maximum Gasteiger partial charge on any atom is 0.320 e. The van der Waals surface area contributed by atoms with Crippen LogP contribution in [-0.4, -0.2) is 29.8 Å². The van der Waals surface area contributed by atoms with Gasteiger partial charge in [-0.1, -0.05) is 0 Å². The Morgan fingerprint density at radius 1 is 1.73 bits per heavy atom. The van der Waals surface area contributed by atoms with Gasteiger partial charge in [0.1, 0.15) is 6.04 Å². The van der Waals surface area contributed by atoms with E-state index in [-0.39, 0.29) is 6.10 Å². The van der Waals surface area contributed by atoms with Crippen LogP contribution in [0.15, 0.2) is 0 Å². The monoisotopic (exact) mass is 161 g/mol. The number of hydrogen-bond acceptors (Lipinski definition) is 3. The van der Waals surface area contributed by atoms with E-state index in [1.54, 1.807) is 0 Å². The van der Waals surface area contributed by atoms with E-state index < -0.39 is 12.0 Å². The predicted octanol–water partition coefficient (Wildman–Crippen LogP) is 0.213. The van der Waals surface area contributed by atoms with Crippen molar-refractivity contribution in [3.8, 4) is 0 Å². The standard InChI is InChI=1S/C7H15NO3/c1-3-11-5(2)4-6(8)7(9)10/h5-6H,3-4,8H2,1-2H3,(H,9,10)/t5-,6-/m0/s1. The fourth-order valence-electron chi connectivity index (χ4n) is 0.811. The molecule has 0 unspecified atom stereocenters. The van der Waals surface area contributed by atoms with E-state index >= 15 is 0 Å². The fraction of sp³-hybridized carbons (Fsp3) is 0.857. The lowest BCUT2D eigenvalue weighted by Gasteiger charge is -2.13. The largest absolute Gasteiger partial charge is 0.480 e. The van der Waals surface area contributed by atoms with Gasteiger partial charge in [0.05, 0.1) is 6.10 Å². The normalized spacial score (nSPS) is 15.9. The Morgan fingerprint density at radius 3 is 2.64 bits per heavy atom. The molecule has 66 valence electrons. The number of rotatable bonds is 5. The zero-order valence-corrected chi connectivity index (χ0v) is 6.91. The summed E-state index contributed by atoms with van der Waals surface area (Å²) in [6, 6.07) is -0.809. The van der Waals surface area contributed by atoms with Gasteiger partial charge < -0.3 is 15.6 Å². The minimum Gasteiger partial charge on any atom is -0.480 e. The van der Waals surface area contributed by atoms with Crippen LogP contribution in [0.4, 0.5) is 0 Å². The van der Waals surface area contributed by atoms with E-state index in [4.69, 9.17) is 15.6 Å². The molecular formula is C7H15NO3. The Morgan fingerprint density at radius 2 is 2.27 bits per heavy atom. The first-order valence-corrected chi connectivity index (χ1v) is 3.68. The van der Waals surface area contributed by atoms with Gasteiger partial charge in [0.2, 0.25) is 0 Å². The summed E-state index contributed by atoms with van der Waals surface area (Å²) in [4.78, 5) is 10.3. The molecule has 4 heteroatoms. The summed E-state index contributed by atoms with van der Waals surface area (Å²) in [5.41, 5.74) is 5.27. The first kappa shape index (κ1) is 10.4. The Labute approximate surface area is 66.3 Å². The van der Waals surface area contributed by atoms with Crippen molar-refractivity contribution in [1.29, 1.82) is 0 Å². The first-order valence-electron chi connectivity index (χ1n) is 3.68. The molecule has 0 aromatic carbocycles. The highest BCUT2D eigenvalue weighted by atomic mass is 16.5. The summed E-state index contributed by atoms with van der Waals surface area (Å²) in [6.07, 6.45) is 0.287. The number of nitrogens with two attached hydrogens (primary N) is 1. The van der Waals surface area contributed by atoms with Crippen LogP contribution < -0.4 is 5.73 Å². The second-order valence-electron chi connectivity index (χ2n) is 2.45. The Bertz CT molecular complexity index is 127. The minimum atomic E-state index is -0.975. The molecule has 0 fully saturated rings. The van der Waals surface area contributed by atoms with Gasteiger partial charge in [-0.05, 0) is 20.3 Å². The van der Waals surface area contributed by atoms with Crippen molar-refractivity contribution < 1.29 is 14.6 Å². The van der Waals surface area contributed by atoms with Crippen LogP contribution in [0.1, 0.15) is 20.3 Å². The molecule has 0 radical (unpaired) electrons. The highest BCUT2D eigenvalue weighted by Gasteiger charge is 2.14. The summed E-state index contributed by atoms with van der Waals surface area (Å²) < 4.78 is 5.12. The average molecular weight is 161 g/mol. The van der Waals surface area contributed by atoms with Gasteiger partial charge in [0.15, 0.2) is 0 Å². The molecule has 0 aliphatic heterocycles. The number of carboxylic acid groups (broad SMARTS) is 1. The third kappa shape index (κ3) is 4.75. The highest BCUT2D eigenvalue weighted by Crippen LogP contribution is 2.00. The molecule has 0 bridgehead atoms. The van der Waals surface area contributed by atoms with E-state index in [1.807, 2.05) is 13.8 Å². The van der Waals surface area contributed by atoms with E-state index in [2.05, 4.69) is 0 Å². The van der Waals surface area contributed by atoms with Crippen LogP contribution in [0.25, 0.3) is 0 Å². The number of ether oxygens (including phenoxy) is 1. The SMILES string of the molecule is CCO[C@@H](C)C[C@H](N)C(=O)O. The van der Waals surface area contributed by atoms with Gasteiger partial charge in [0, 0.05) is 6.61 Å². The molecular weight excluding hydrogens is 146 g/mol. The van der Waals surface area contributed by atoms with Gasteiger partial charge in [-0.25, -0.2) is 0 Å². The summed E-state index contributed by atoms with van der Waals surface area (Å²) >= 11 is 0. The topological polar surface area (TPSA) is 72.5 Å². The van der Waals surface area contributed by atoms with E-state index in [9.17, 15) is 4.79 Å². The quantitative estimate of drug-likeness (QED) is 0.604. The van der Waals surface area contributed by atoms with Crippen LogP contribution in [-0.2, 0) is 9.53 Å². The first-order chi connectivity index (χ1) is 5.07. The molecule has 0 rings (SSSR count). The molecule has 0 amide bonds. The van der Waals surface area contributed by atoms with E-state index in [0.29, 0.717) is 13.0 Å². The van der Waals surface area contributed by atoms with Gasteiger partial charge in [-0.2, -0.15) is 0 Å². The molecule has 3 N–H and O–H groups in total.